The van der Waals surface area contributed by atoms with Gasteiger partial charge in [0.25, 0.3) is 0 Å². The van der Waals surface area contributed by atoms with E-state index in [1.165, 1.54) is 0 Å². The van der Waals surface area contributed by atoms with Crippen LogP contribution in [0.15, 0.2) is 48.8 Å². The summed E-state index contributed by atoms with van der Waals surface area (Å²) in [5.74, 6) is -1.87. The number of carbonyl (C=O) groups excluding carboxylic acids is 1. The van der Waals surface area contributed by atoms with Crippen LogP contribution in [0.1, 0.15) is 17.9 Å². The van der Waals surface area contributed by atoms with Crippen LogP contribution in [-0.2, 0) is 16.1 Å². The highest BCUT2D eigenvalue weighted by molar-refractivity contribution is 5.79. The molecule has 1 aromatic carbocycles. The number of nitrogens with zero attached hydrogens (tertiary/aromatic N) is 2. The number of rotatable bonds is 7. The largest absolute Gasteiger partial charge is 0.481 e. The molecule has 1 atom stereocenters. The van der Waals surface area contributed by atoms with Crippen LogP contribution < -0.4 is 5.32 Å². The summed E-state index contributed by atoms with van der Waals surface area (Å²) in [4.78, 5) is 23.0. The van der Waals surface area contributed by atoms with Crippen molar-refractivity contribution in [2.75, 3.05) is 6.54 Å². The number of aliphatic carboxylic acids is 1. The van der Waals surface area contributed by atoms with Gasteiger partial charge in [0, 0.05) is 31.9 Å². The summed E-state index contributed by atoms with van der Waals surface area (Å²) >= 11 is 0. The first kappa shape index (κ1) is 14.8. The average Bonchev–Trinajstić information content (AvgIpc) is 2.99. The minimum absolute atomic E-state index is 0.0806. The van der Waals surface area contributed by atoms with Gasteiger partial charge in [0.1, 0.15) is 0 Å². The molecule has 0 aliphatic carbocycles. The van der Waals surface area contributed by atoms with E-state index in [9.17, 15) is 14.7 Å². The van der Waals surface area contributed by atoms with Crippen LogP contribution in [0.2, 0.25) is 0 Å². The van der Waals surface area contributed by atoms with E-state index in [2.05, 4.69) is 10.4 Å². The van der Waals surface area contributed by atoms with Crippen molar-refractivity contribution in [3.05, 3.63) is 54.4 Å². The summed E-state index contributed by atoms with van der Waals surface area (Å²) in [6.07, 6.45) is 3.69. The number of aromatic nitrogens is 2. The van der Waals surface area contributed by atoms with E-state index in [-0.39, 0.29) is 18.9 Å². The standard InChI is InChI=1S/C15H17N3O3/c19-14(7-10-18-9-4-8-17-18)16-11-13(15(20)21)12-5-2-1-3-6-12/h1-6,8-9,13H,7,10-11H2,(H,16,19)(H,20,21). The fourth-order valence-electron chi connectivity index (χ4n) is 1.99. The van der Waals surface area contributed by atoms with Gasteiger partial charge in [-0.2, -0.15) is 5.10 Å². The molecule has 6 heteroatoms. The number of amides is 1. The second-order valence-electron chi connectivity index (χ2n) is 4.62. The lowest BCUT2D eigenvalue weighted by Crippen LogP contribution is -2.32. The van der Waals surface area contributed by atoms with Crippen LogP contribution in [-0.4, -0.2) is 33.3 Å². The third-order valence-corrected chi connectivity index (χ3v) is 3.13. The quantitative estimate of drug-likeness (QED) is 0.803. The van der Waals surface area contributed by atoms with Gasteiger partial charge in [-0.25, -0.2) is 0 Å². The van der Waals surface area contributed by atoms with Gasteiger partial charge in [-0.3, -0.25) is 14.3 Å². The van der Waals surface area contributed by atoms with Crippen LogP contribution >= 0.6 is 0 Å². The first-order valence-corrected chi connectivity index (χ1v) is 6.68. The molecule has 1 heterocycles. The summed E-state index contributed by atoms with van der Waals surface area (Å²) in [6.45, 7) is 0.555. The third kappa shape index (κ3) is 4.45. The molecule has 0 radical (unpaired) electrons. The lowest BCUT2D eigenvalue weighted by atomic mass is 9.99. The predicted molar refractivity (Wildman–Crippen MR) is 76.7 cm³/mol. The molecule has 1 aromatic heterocycles. The van der Waals surface area contributed by atoms with Crippen LogP contribution in [0.25, 0.3) is 0 Å². The number of hydrogen-bond acceptors (Lipinski definition) is 3. The van der Waals surface area contributed by atoms with Crippen molar-refractivity contribution in [1.29, 1.82) is 0 Å². The molecule has 110 valence electrons. The number of aryl methyl sites for hydroxylation is 1. The number of nitrogens with one attached hydrogen (secondary N) is 1. The van der Waals surface area contributed by atoms with Crippen molar-refractivity contribution in [2.45, 2.75) is 18.9 Å². The molecule has 0 aliphatic rings. The van der Waals surface area contributed by atoms with E-state index >= 15 is 0 Å². The van der Waals surface area contributed by atoms with Crippen LogP contribution in [0, 0.1) is 0 Å². The Kier molecular flexibility index (Phi) is 5.09. The molecular formula is C15H17N3O3. The maximum absolute atomic E-state index is 11.8. The van der Waals surface area contributed by atoms with E-state index in [0.29, 0.717) is 12.1 Å². The fourth-order valence-corrected chi connectivity index (χ4v) is 1.99. The molecule has 6 nitrogen and oxygen atoms in total. The molecule has 0 aliphatic heterocycles. The Hall–Kier alpha value is -2.63. The average molecular weight is 287 g/mol. The van der Waals surface area contributed by atoms with E-state index in [1.54, 1.807) is 47.4 Å². The number of carboxylic acids is 1. The Balaban J connectivity index is 1.84. The Morgan fingerprint density at radius 3 is 2.62 bits per heavy atom. The van der Waals surface area contributed by atoms with Crippen molar-refractivity contribution < 1.29 is 14.7 Å². The van der Waals surface area contributed by atoms with Gasteiger partial charge in [0.15, 0.2) is 0 Å². The molecule has 2 N–H and O–H groups in total. The smallest absolute Gasteiger partial charge is 0.312 e. The fraction of sp³-hybridized carbons (Fsp3) is 0.267. The lowest BCUT2D eigenvalue weighted by molar-refractivity contribution is -0.138. The predicted octanol–water partition coefficient (Wildman–Crippen LogP) is 1.26. The Bertz CT molecular complexity index is 581. The molecule has 2 aromatic rings. The topological polar surface area (TPSA) is 84.2 Å². The molecule has 0 fully saturated rings. The summed E-state index contributed by atoms with van der Waals surface area (Å²) in [5, 5.41) is 15.9. The normalized spacial score (nSPS) is 11.8. The van der Waals surface area contributed by atoms with Crippen LogP contribution in [0.4, 0.5) is 0 Å². The first-order valence-electron chi connectivity index (χ1n) is 6.68. The molecular weight excluding hydrogens is 270 g/mol. The molecule has 0 saturated heterocycles. The lowest BCUT2D eigenvalue weighted by Gasteiger charge is -2.13. The zero-order valence-electron chi connectivity index (χ0n) is 11.5. The molecule has 1 unspecified atom stereocenters. The molecule has 1 amide bonds. The van der Waals surface area contributed by atoms with E-state index < -0.39 is 11.9 Å². The molecule has 0 bridgehead atoms. The highest BCUT2D eigenvalue weighted by Gasteiger charge is 2.20. The Morgan fingerprint density at radius 1 is 1.24 bits per heavy atom. The summed E-state index contributed by atoms with van der Waals surface area (Å²) in [5.41, 5.74) is 0.678. The minimum atomic E-state index is -0.950. The first-order chi connectivity index (χ1) is 10.2. The van der Waals surface area contributed by atoms with Gasteiger partial charge in [-0.1, -0.05) is 30.3 Å². The highest BCUT2D eigenvalue weighted by atomic mass is 16.4. The van der Waals surface area contributed by atoms with Crippen molar-refractivity contribution >= 4 is 11.9 Å². The van der Waals surface area contributed by atoms with Gasteiger partial charge >= 0.3 is 5.97 Å². The van der Waals surface area contributed by atoms with Crippen molar-refractivity contribution in [3.8, 4) is 0 Å². The zero-order chi connectivity index (χ0) is 15.1. The molecule has 21 heavy (non-hydrogen) atoms. The maximum Gasteiger partial charge on any atom is 0.312 e. The van der Waals surface area contributed by atoms with Gasteiger partial charge < -0.3 is 10.4 Å². The minimum Gasteiger partial charge on any atom is -0.481 e. The maximum atomic E-state index is 11.8. The summed E-state index contributed by atoms with van der Waals surface area (Å²) in [6, 6.07) is 10.7. The van der Waals surface area contributed by atoms with Crippen LogP contribution in [0.5, 0.6) is 0 Å². The van der Waals surface area contributed by atoms with Gasteiger partial charge in [0.2, 0.25) is 5.91 Å². The summed E-state index contributed by atoms with van der Waals surface area (Å²) in [7, 11) is 0. The zero-order valence-corrected chi connectivity index (χ0v) is 11.5. The van der Waals surface area contributed by atoms with E-state index in [4.69, 9.17) is 0 Å². The highest BCUT2D eigenvalue weighted by Crippen LogP contribution is 2.14. The SMILES string of the molecule is O=C(CCn1cccn1)NCC(C(=O)O)c1ccccc1. The molecule has 0 spiro atoms. The van der Waals surface area contributed by atoms with E-state index in [1.807, 2.05) is 6.07 Å². The Morgan fingerprint density at radius 2 is 2.00 bits per heavy atom. The van der Waals surface area contributed by atoms with Crippen LogP contribution in [0.3, 0.4) is 0 Å². The number of carbonyl (C=O) groups is 2. The molecule has 2 rings (SSSR count). The number of carboxylic acid groups (broad SMARTS) is 1. The van der Waals surface area contributed by atoms with Crippen molar-refractivity contribution in [3.63, 3.8) is 0 Å². The number of hydrogen-bond donors (Lipinski definition) is 2. The third-order valence-electron chi connectivity index (χ3n) is 3.13. The van der Waals surface area contributed by atoms with Crippen molar-refractivity contribution in [2.24, 2.45) is 0 Å². The second-order valence-corrected chi connectivity index (χ2v) is 4.62. The number of benzene rings is 1. The van der Waals surface area contributed by atoms with Gasteiger partial charge in [-0.15, -0.1) is 0 Å². The van der Waals surface area contributed by atoms with Gasteiger partial charge in [0.05, 0.1) is 5.92 Å². The second kappa shape index (κ2) is 7.23. The van der Waals surface area contributed by atoms with E-state index in [0.717, 1.165) is 0 Å². The van der Waals surface area contributed by atoms with Crippen molar-refractivity contribution in [1.82, 2.24) is 15.1 Å². The molecule has 0 saturated carbocycles. The Labute approximate surface area is 122 Å². The van der Waals surface area contributed by atoms with Gasteiger partial charge in [-0.05, 0) is 11.6 Å². The monoisotopic (exact) mass is 287 g/mol. The summed E-state index contributed by atoms with van der Waals surface area (Å²) < 4.78 is 1.66.